The quantitative estimate of drug-likeness (QED) is 0.753. The summed E-state index contributed by atoms with van der Waals surface area (Å²) in [6.45, 7) is 6.21. The first kappa shape index (κ1) is 17.0. The Balaban J connectivity index is 1.42. The molecule has 130 valence electrons. The molecule has 1 aromatic heterocycles. The average molecular weight is 418 g/mol. The third kappa shape index (κ3) is 3.73. The molecule has 0 radical (unpaired) electrons. The van der Waals surface area contributed by atoms with Crippen molar-refractivity contribution in [3.63, 3.8) is 0 Å². The number of aromatic nitrogens is 2. The average Bonchev–Trinajstić information content (AvgIpc) is 2.68. The monoisotopic (exact) mass is 417 g/mol. The Morgan fingerprint density at radius 3 is 2.64 bits per heavy atom. The summed E-state index contributed by atoms with van der Waals surface area (Å²) in [6.07, 6.45) is 3.62. The second-order valence-electron chi connectivity index (χ2n) is 6.33. The Kier molecular flexibility index (Phi) is 5.05. The second-order valence-corrected chi connectivity index (χ2v) is 8.08. The van der Waals surface area contributed by atoms with Crippen molar-refractivity contribution in [2.24, 2.45) is 4.99 Å². The summed E-state index contributed by atoms with van der Waals surface area (Å²) in [7, 11) is 0. The third-order valence-electron chi connectivity index (χ3n) is 4.85. The number of hydrogen-bond donors (Lipinski definition) is 0. The number of thioether (sulfide) groups is 1. The van der Waals surface area contributed by atoms with Crippen LogP contribution in [0.15, 0.2) is 40.1 Å². The molecule has 1 aromatic carbocycles. The molecule has 2 aliphatic heterocycles. The summed E-state index contributed by atoms with van der Waals surface area (Å²) in [6, 6.07) is 7.13. The number of benzene rings is 1. The highest BCUT2D eigenvalue weighted by Gasteiger charge is 2.24. The zero-order valence-electron chi connectivity index (χ0n) is 14.1. The first-order chi connectivity index (χ1) is 12.2. The van der Waals surface area contributed by atoms with E-state index in [4.69, 9.17) is 0 Å². The summed E-state index contributed by atoms with van der Waals surface area (Å²) in [4.78, 5) is 18.1. The van der Waals surface area contributed by atoms with Crippen LogP contribution in [-0.4, -0.2) is 46.6 Å². The normalized spacial score (nSPS) is 18.9. The van der Waals surface area contributed by atoms with Crippen LogP contribution >= 0.6 is 27.7 Å². The number of anilines is 1. The fraction of sp³-hybridized carbons (Fsp3) is 0.389. The van der Waals surface area contributed by atoms with E-state index in [1.807, 2.05) is 17.9 Å². The van der Waals surface area contributed by atoms with Crippen LogP contribution in [0.25, 0.3) is 0 Å². The summed E-state index contributed by atoms with van der Waals surface area (Å²) >= 11 is 5.14. The van der Waals surface area contributed by atoms with E-state index < -0.39 is 0 Å². The molecule has 3 heterocycles. The van der Waals surface area contributed by atoms with Gasteiger partial charge in [0.05, 0.1) is 15.7 Å². The molecule has 0 amide bonds. The maximum atomic E-state index is 4.53. The van der Waals surface area contributed by atoms with Crippen molar-refractivity contribution in [2.75, 3.05) is 31.1 Å². The van der Waals surface area contributed by atoms with Crippen molar-refractivity contribution in [2.45, 2.75) is 18.7 Å². The molecule has 4 rings (SSSR count). The fourth-order valence-corrected chi connectivity index (χ4v) is 4.18. The van der Waals surface area contributed by atoms with Crippen molar-refractivity contribution in [1.29, 1.82) is 0 Å². The summed E-state index contributed by atoms with van der Waals surface area (Å²) < 4.78 is 0.914. The van der Waals surface area contributed by atoms with Gasteiger partial charge in [0.2, 0.25) is 5.95 Å². The maximum Gasteiger partial charge on any atom is 0.225 e. The molecule has 1 atom stereocenters. The standard InChI is InChI=1S/C18H20BrN5S/c1-13(14-2-3-15-11-25-12-22-17(15)8-14)23-4-6-24(7-5-23)18-20-9-16(19)10-21-18/h2-3,8-10,12-13H,4-7,11H2,1H3. The SMILES string of the molecule is CC(c1ccc2c(c1)N=CSC2)N1CCN(c2ncc(Br)cn2)CC1. The number of halogens is 1. The third-order valence-corrected chi connectivity index (χ3v) is 5.99. The number of rotatable bonds is 3. The molecule has 0 bridgehead atoms. The van der Waals surface area contributed by atoms with E-state index in [0.717, 1.165) is 48.0 Å². The van der Waals surface area contributed by atoms with E-state index in [0.29, 0.717) is 6.04 Å². The lowest BCUT2D eigenvalue weighted by Gasteiger charge is -2.38. The lowest BCUT2D eigenvalue weighted by atomic mass is 10.0. The maximum absolute atomic E-state index is 4.53. The van der Waals surface area contributed by atoms with Gasteiger partial charge in [-0.25, -0.2) is 15.0 Å². The van der Waals surface area contributed by atoms with Crippen LogP contribution in [-0.2, 0) is 5.75 Å². The van der Waals surface area contributed by atoms with E-state index in [2.05, 4.69) is 65.8 Å². The van der Waals surface area contributed by atoms with Gasteiger partial charge < -0.3 is 4.90 Å². The van der Waals surface area contributed by atoms with Crippen molar-refractivity contribution in [3.8, 4) is 0 Å². The molecule has 2 aliphatic rings. The molecular weight excluding hydrogens is 398 g/mol. The molecule has 2 aromatic rings. The molecule has 0 spiro atoms. The van der Waals surface area contributed by atoms with Crippen molar-refractivity contribution in [1.82, 2.24) is 14.9 Å². The molecule has 25 heavy (non-hydrogen) atoms. The van der Waals surface area contributed by atoms with Gasteiger partial charge in [0.25, 0.3) is 0 Å². The van der Waals surface area contributed by atoms with Crippen LogP contribution < -0.4 is 4.90 Å². The van der Waals surface area contributed by atoms with Crippen LogP contribution in [0.1, 0.15) is 24.1 Å². The van der Waals surface area contributed by atoms with E-state index in [1.165, 1.54) is 11.1 Å². The zero-order valence-corrected chi connectivity index (χ0v) is 16.5. The predicted molar refractivity (Wildman–Crippen MR) is 108 cm³/mol. The highest BCUT2D eigenvalue weighted by Crippen LogP contribution is 2.32. The van der Waals surface area contributed by atoms with E-state index in [1.54, 1.807) is 11.8 Å². The van der Waals surface area contributed by atoms with Crippen molar-refractivity contribution >= 4 is 44.9 Å². The molecule has 1 saturated heterocycles. The highest BCUT2D eigenvalue weighted by atomic mass is 79.9. The van der Waals surface area contributed by atoms with E-state index >= 15 is 0 Å². The topological polar surface area (TPSA) is 44.6 Å². The van der Waals surface area contributed by atoms with Gasteiger partial charge in [-0.1, -0.05) is 12.1 Å². The van der Waals surface area contributed by atoms with Crippen LogP contribution in [0.2, 0.25) is 0 Å². The largest absolute Gasteiger partial charge is 0.338 e. The lowest BCUT2D eigenvalue weighted by Crippen LogP contribution is -2.47. The van der Waals surface area contributed by atoms with E-state index in [9.17, 15) is 0 Å². The lowest BCUT2D eigenvalue weighted by molar-refractivity contribution is 0.198. The van der Waals surface area contributed by atoms with Gasteiger partial charge in [-0.2, -0.15) is 0 Å². The molecule has 7 heteroatoms. The summed E-state index contributed by atoms with van der Waals surface area (Å²) in [5.41, 5.74) is 5.76. The molecule has 5 nitrogen and oxygen atoms in total. The Morgan fingerprint density at radius 1 is 1.12 bits per heavy atom. The van der Waals surface area contributed by atoms with Crippen LogP contribution in [0.3, 0.4) is 0 Å². The second kappa shape index (κ2) is 7.43. The number of nitrogens with zero attached hydrogens (tertiary/aromatic N) is 5. The minimum absolute atomic E-state index is 0.392. The van der Waals surface area contributed by atoms with Gasteiger partial charge in [0, 0.05) is 50.4 Å². The molecule has 0 aliphatic carbocycles. The Hall–Kier alpha value is -1.44. The van der Waals surface area contributed by atoms with Crippen molar-refractivity contribution in [3.05, 3.63) is 46.2 Å². The fourth-order valence-electron chi connectivity index (χ4n) is 3.29. The summed E-state index contributed by atoms with van der Waals surface area (Å²) in [5.74, 6) is 1.84. The van der Waals surface area contributed by atoms with Crippen LogP contribution in [0, 0.1) is 0 Å². The number of piperazine rings is 1. The Morgan fingerprint density at radius 2 is 1.88 bits per heavy atom. The smallest absolute Gasteiger partial charge is 0.225 e. The number of hydrogen-bond acceptors (Lipinski definition) is 6. The molecule has 0 saturated carbocycles. The van der Waals surface area contributed by atoms with Crippen LogP contribution in [0.5, 0.6) is 0 Å². The van der Waals surface area contributed by atoms with Crippen LogP contribution in [0.4, 0.5) is 11.6 Å². The molecular formula is C18H20BrN5S. The van der Waals surface area contributed by atoms with E-state index in [-0.39, 0.29) is 0 Å². The highest BCUT2D eigenvalue weighted by molar-refractivity contribution is 9.10. The van der Waals surface area contributed by atoms with Gasteiger partial charge in [0.1, 0.15) is 0 Å². The summed E-state index contributed by atoms with van der Waals surface area (Å²) in [5, 5.41) is 0. The minimum Gasteiger partial charge on any atom is -0.338 e. The van der Waals surface area contributed by atoms with Gasteiger partial charge in [-0.05, 0) is 40.0 Å². The van der Waals surface area contributed by atoms with Crippen molar-refractivity contribution < 1.29 is 0 Å². The number of aliphatic imine (C=N–C) groups is 1. The number of fused-ring (bicyclic) bond motifs is 1. The zero-order chi connectivity index (χ0) is 17.2. The van der Waals surface area contributed by atoms with Gasteiger partial charge in [-0.15, -0.1) is 11.8 Å². The first-order valence-corrected chi connectivity index (χ1v) is 10.3. The Bertz CT molecular complexity index is 772. The molecule has 1 unspecified atom stereocenters. The predicted octanol–water partition coefficient (Wildman–Crippen LogP) is 4.03. The molecule has 0 N–H and O–H groups in total. The minimum atomic E-state index is 0.392. The first-order valence-electron chi connectivity index (χ1n) is 8.44. The Labute approximate surface area is 160 Å². The van der Waals surface area contributed by atoms with Gasteiger partial charge in [0.15, 0.2) is 0 Å². The molecule has 1 fully saturated rings. The van der Waals surface area contributed by atoms with Gasteiger partial charge >= 0.3 is 0 Å². The van der Waals surface area contributed by atoms with Gasteiger partial charge in [-0.3, -0.25) is 4.90 Å².